The van der Waals surface area contributed by atoms with Crippen LogP contribution in [0.2, 0.25) is 0 Å². The molecule has 2 N–H and O–H groups in total. The van der Waals surface area contributed by atoms with Crippen LogP contribution in [0.5, 0.6) is 0 Å². The molecule has 2 heterocycles. The van der Waals surface area contributed by atoms with E-state index in [2.05, 4.69) is 25.5 Å². The summed E-state index contributed by atoms with van der Waals surface area (Å²) in [4.78, 5) is 23.5. The van der Waals surface area contributed by atoms with Crippen LogP contribution in [-0.2, 0) is 22.1 Å². The summed E-state index contributed by atoms with van der Waals surface area (Å²) in [5, 5.41) is 6.00. The van der Waals surface area contributed by atoms with Gasteiger partial charge in [0.05, 0.1) is 25.2 Å². The van der Waals surface area contributed by atoms with Crippen molar-refractivity contribution in [3.63, 3.8) is 0 Å². The molecule has 0 unspecified atom stereocenters. The second-order valence-corrected chi connectivity index (χ2v) is 7.92. The maximum atomic E-state index is 12.7. The molecule has 1 amide bonds. The molecule has 1 aliphatic rings. The summed E-state index contributed by atoms with van der Waals surface area (Å²) < 4.78 is 43.4. The Bertz CT molecular complexity index is 1130. The number of nitrogens with zero attached hydrogens (tertiary/aromatic N) is 3. The number of anilines is 4. The van der Waals surface area contributed by atoms with Gasteiger partial charge in [-0.15, -0.1) is 0 Å². The third kappa shape index (κ3) is 6.22. The zero-order chi connectivity index (χ0) is 24.1. The molecular weight excluding hydrogens is 447 g/mol. The topological polar surface area (TPSA) is 79.4 Å². The van der Waals surface area contributed by atoms with E-state index in [9.17, 15) is 18.0 Å². The van der Waals surface area contributed by atoms with Crippen LogP contribution < -0.4 is 15.5 Å². The van der Waals surface area contributed by atoms with Gasteiger partial charge in [0.15, 0.2) is 0 Å². The van der Waals surface area contributed by atoms with E-state index in [-0.39, 0.29) is 12.3 Å². The third-order valence-electron chi connectivity index (χ3n) is 5.22. The minimum atomic E-state index is -4.40. The van der Waals surface area contributed by atoms with Gasteiger partial charge in [0, 0.05) is 36.2 Å². The van der Waals surface area contributed by atoms with Gasteiger partial charge in [0.1, 0.15) is 5.82 Å². The second-order valence-electron chi connectivity index (χ2n) is 7.92. The van der Waals surface area contributed by atoms with Gasteiger partial charge in [-0.05, 0) is 48.9 Å². The number of halogens is 3. The van der Waals surface area contributed by atoms with Crippen molar-refractivity contribution in [2.24, 2.45) is 0 Å². The molecule has 0 spiro atoms. The predicted octanol–water partition coefficient (Wildman–Crippen LogP) is 4.57. The second kappa shape index (κ2) is 10.1. The van der Waals surface area contributed by atoms with Gasteiger partial charge in [-0.25, -0.2) is 4.98 Å². The lowest BCUT2D eigenvalue weighted by Gasteiger charge is -2.27. The molecule has 7 nitrogen and oxygen atoms in total. The number of hydrogen-bond acceptors (Lipinski definition) is 6. The number of ether oxygens (including phenoxy) is 1. The van der Waals surface area contributed by atoms with E-state index in [4.69, 9.17) is 4.74 Å². The van der Waals surface area contributed by atoms with E-state index in [0.29, 0.717) is 36.2 Å². The fourth-order valence-corrected chi connectivity index (χ4v) is 3.51. The summed E-state index contributed by atoms with van der Waals surface area (Å²) in [6, 6.07) is 13.5. The van der Waals surface area contributed by atoms with Crippen molar-refractivity contribution in [2.75, 3.05) is 41.8 Å². The molecule has 0 bridgehead atoms. The van der Waals surface area contributed by atoms with Crippen molar-refractivity contribution in [1.29, 1.82) is 0 Å². The van der Waals surface area contributed by atoms with Gasteiger partial charge in [0.2, 0.25) is 11.9 Å². The van der Waals surface area contributed by atoms with Crippen LogP contribution in [0.1, 0.15) is 16.8 Å². The van der Waals surface area contributed by atoms with E-state index in [0.717, 1.165) is 36.6 Å². The minimum absolute atomic E-state index is 0.0251. The van der Waals surface area contributed by atoms with Crippen molar-refractivity contribution < 1.29 is 22.7 Å². The predicted molar refractivity (Wildman–Crippen MR) is 123 cm³/mol. The number of aryl methyl sites for hydroxylation is 1. The third-order valence-corrected chi connectivity index (χ3v) is 5.22. The van der Waals surface area contributed by atoms with Crippen LogP contribution in [-0.4, -0.2) is 42.2 Å². The molecule has 0 aliphatic carbocycles. The van der Waals surface area contributed by atoms with Crippen molar-refractivity contribution in [3.8, 4) is 0 Å². The summed E-state index contributed by atoms with van der Waals surface area (Å²) in [6.45, 7) is 4.68. The van der Waals surface area contributed by atoms with Gasteiger partial charge in [-0.2, -0.15) is 18.2 Å². The normalized spacial score (nSPS) is 14.1. The molecule has 1 aromatic heterocycles. The number of rotatable bonds is 6. The Morgan fingerprint density at radius 1 is 1.00 bits per heavy atom. The van der Waals surface area contributed by atoms with Gasteiger partial charge in [-0.3, -0.25) is 4.79 Å². The van der Waals surface area contributed by atoms with Crippen molar-refractivity contribution in [1.82, 2.24) is 9.97 Å². The molecule has 10 heteroatoms. The first kappa shape index (κ1) is 23.5. The largest absolute Gasteiger partial charge is 0.416 e. The summed E-state index contributed by atoms with van der Waals surface area (Å²) >= 11 is 0. The number of hydrogen-bond donors (Lipinski definition) is 2. The van der Waals surface area contributed by atoms with E-state index in [1.54, 1.807) is 24.3 Å². The quantitative estimate of drug-likeness (QED) is 0.549. The Morgan fingerprint density at radius 3 is 2.29 bits per heavy atom. The summed E-state index contributed by atoms with van der Waals surface area (Å²) in [5.41, 5.74) is 1.96. The van der Waals surface area contributed by atoms with Crippen LogP contribution in [0.4, 0.5) is 36.3 Å². The lowest BCUT2D eigenvalue weighted by atomic mass is 10.1. The SMILES string of the molecule is Cc1cc(Nc2ccc(NC(=O)Cc3ccc(C(F)(F)F)cc3)cc2)nc(N2CCOCC2)n1. The summed E-state index contributed by atoms with van der Waals surface area (Å²) in [7, 11) is 0. The number of carbonyl (C=O) groups is 1. The number of carbonyl (C=O) groups excluding carboxylic acids is 1. The van der Waals surface area contributed by atoms with E-state index in [1.807, 2.05) is 13.0 Å². The van der Waals surface area contributed by atoms with Gasteiger partial charge in [-0.1, -0.05) is 12.1 Å². The molecule has 1 fully saturated rings. The first-order valence-corrected chi connectivity index (χ1v) is 10.8. The lowest BCUT2D eigenvalue weighted by Crippen LogP contribution is -2.37. The average molecular weight is 471 g/mol. The fraction of sp³-hybridized carbons (Fsp3) is 0.292. The first-order chi connectivity index (χ1) is 16.3. The Morgan fingerprint density at radius 2 is 1.65 bits per heavy atom. The molecule has 4 rings (SSSR count). The molecule has 34 heavy (non-hydrogen) atoms. The number of benzene rings is 2. The van der Waals surface area contributed by atoms with Gasteiger partial charge < -0.3 is 20.3 Å². The number of nitrogens with one attached hydrogen (secondary N) is 2. The van der Waals surface area contributed by atoms with Crippen molar-refractivity contribution in [3.05, 3.63) is 71.4 Å². The van der Waals surface area contributed by atoms with Crippen LogP contribution in [0.25, 0.3) is 0 Å². The molecule has 3 aromatic rings. The highest BCUT2D eigenvalue weighted by Crippen LogP contribution is 2.29. The van der Waals surface area contributed by atoms with Crippen molar-refractivity contribution >= 4 is 29.0 Å². The highest BCUT2D eigenvalue weighted by atomic mass is 19.4. The Kier molecular flexibility index (Phi) is 6.97. The minimum Gasteiger partial charge on any atom is -0.378 e. The molecular formula is C24H24F3N5O2. The summed E-state index contributed by atoms with van der Waals surface area (Å²) in [5.74, 6) is 0.994. The standard InChI is InChI=1S/C24H24F3N5O2/c1-16-14-21(31-23(28-16)32-10-12-34-13-11-32)29-19-6-8-20(9-7-19)30-22(33)15-17-2-4-18(5-3-17)24(25,26)27/h2-9,14H,10-13,15H2,1H3,(H,30,33)(H,28,29,31). The molecule has 0 saturated carbocycles. The van der Waals surface area contributed by atoms with Crippen LogP contribution in [0.15, 0.2) is 54.6 Å². The maximum absolute atomic E-state index is 12.7. The Hall–Kier alpha value is -3.66. The average Bonchev–Trinajstić information content (AvgIpc) is 2.80. The van der Waals surface area contributed by atoms with Crippen molar-refractivity contribution in [2.45, 2.75) is 19.5 Å². The molecule has 1 saturated heterocycles. The number of morpholine rings is 1. The zero-order valence-corrected chi connectivity index (χ0v) is 18.5. The van der Waals surface area contributed by atoms with Crippen LogP contribution >= 0.6 is 0 Å². The molecule has 2 aromatic carbocycles. The van der Waals surface area contributed by atoms with E-state index < -0.39 is 11.7 Å². The lowest BCUT2D eigenvalue weighted by molar-refractivity contribution is -0.137. The highest BCUT2D eigenvalue weighted by Gasteiger charge is 2.30. The first-order valence-electron chi connectivity index (χ1n) is 10.8. The number of alkyl halides is 3. The zero-order valence-electron chi connectivity index (χ0n) is 18.5. The van der Waals surface area contributed by atoms with Gasteiger partial charge in [0.25, 0.3) is 0 Å². The Balaban J connectivity index is 1.35. The molecule has 0 radical (unpaired) electrons. The number of amides is 1. The maximum Gasteiger partial charge on any atom is 0.416 e. The fourth-order valence-electron chi connectivity index (χ4n) is 3.51. The van der Waals surface area contributed by atoms with E-state index >= 15 is 0 Å². The highest BCUT2D eigenvalue weighted by molar-refractivity contribution is 5.92. The van der Waals surface area contributed by atoms with Crippen LogP contribution in [0.3, 0.4) is 0 Å². The molecule has 1 aliphatic heterocycles. The molecule has 0 atom stereocenters. The summed E-state index contributed by atoms with van der Waals surface area (Å²) in [6.07, 6.45) is -4.42. The van der Waals surface area contributed by atoms with E-state index in [1.165, 1.54) is 12.1 Å². The smallest absolute Gasteiger partial charge is 0.378 e. The van der Waals surface area contributed by atoms with Gasteiger partial charge >= 0.3 is 6.18 Å². The Labute approximate surface area is 195 Å². The van der Waals surface area contributed by atoms with Crippen LogP contribution in [0, 0.1) is 6.92 Å². The molecule has 178 valence electrons. The monoisotopic (exact) mass is 471 g/mol. The number of aromatic nitrogens is 2.